The molecule has 5 heteroatoms. The summed E-state index contributed by atoms with van der Waals surface area (Å²) in [4.78, 5) is 24.4. The first-order chi connectivity index (χ1) is 7.22. The van der Waals surface area contributed by atoms with Gasteiger partial charge in [-0.05, 0) is 34.1 Å². The molecule has 1 amide bonds. The van der Waals surface area contributed by atoms with Gasteiger partial charge in [0.2, 0.25) is 0 Å². The average molecular weight is 229 g/mol. The van der Waals surface area contributed by atoms with E-state index in [9.17, 15) is 14.7 Å². The molecule has 0 aromatic rings. The van der Waals surface area contributed by atoms with Gasteiger partial charge in [-0.25, -0.2) is 4.79 Å². The Morgan fingerprint density at radius 3 is 2.38 bits per heavy atom. The van der Waals surface area contributed by atoms with Gasteiger partial charge in [-0.15, -0.1) is 0 Å². The largest absolute Gasteiger partial charge is 0.444 e. The molecule has 16 heavy (non-hydrogen) atoms. The lowest BCUT2D eigenvalue weighted by molar-refractivity contribution is -0.123. The van der Waals surface area contributed by atoms with Crippen LogP contribution in [0.3, 0.4) is 0 Å². The maximum atomic E-state index is 11.8. The van der Waals surface area contributed by atoms with E-state index in [0.717, 1.165) is 0 Å². The van der Waals surface area contributed by atoms with E-state index < -0.39 is 23.8 Å². The molecule has 1 heterocycles. The minimum absolute atomic E-state index is 0.212. The third-order valence-electron chi connectivity index (χ3n) is 2.41. The molecule has 0 bridgehead atoms. The van der Waals surface area contributed by atoms with Crippen molar-refractivity contribution in [3.8, 4) is 0 Å². The standard InChI is InChI=1S/C11H19NO4/c1-7(13)9-8(14)5-6-12(9)10(15)16-11(2,3)4/h8-9,14H,5-6H2,1-4H3/t8-,9?/m0/s1. The molecule has 0 aromatic heterocycles. The van der Waals surface area contributed by atoms with Crippen molar-refractivity contribution >= 4 is 11.9 Å². The van der Waals surface area contributed by atoms with Crippen molar-refractivity contribution in [2.45, 2.75) is 51.9 Å². The number of hydrogen-bond donors (Lipinski definition) is 1. The number of carbonyl (C=O) groups excluding carboxylic acids is 2. The zero-order valence-corrected chi connectivity index (χ0v) is 10.2. The highest BCUT2D eigenvalue weighted by molar-refractivity contribution is 5.86. The number of ketones is 1. The molecule has 1 unspecified atom stereocenters. The molecule has 92 valence electrons. The summed E-state index contributed by atoms with van der Waals surface area (Å²) in [6, 6.07) is -0.755. The highest BCUT2D eigenvalue weighted by atomic mass is 16.6. The molecule has 0 saturated carbocycles. The summed E-state index contributed by atoms with van der Waals surface area (Å²) in [7, 11) is 0. The topological polar surface area (TPSA) is 66.8 Å². The van der Waals surface area contributed by atoms with Crippen LogP contribution in [0.4, 0.5) is 4.79 Å². The van der Waals surface area contributed by atoms with E-state index in [-0.39, 0.29) is 5.78 Å². The zero-order valence-electron chi connectivity index (χ0n) is 10.2. The van der Waals surface area contributed by atoms with Gasteiger partial charge in [-0.1, -0.05) is 0 Å². The van der Waals surface area contributed by atoms with Gasteiger partial charge < -0.3 is 9.84 Å². The van der Waals surface area contributed by atoms with Crippen LogP contribution in [0.25, 0.3) is 0 Å². The van der Waals surface area contributed by atoms with Crippen molar-refractivity contribution in [3.63, 3.8) is 0 Å². The van der Waals surface area contributed by atoms with E-state index in [2.05, 4.69) is 0 Å². The zero-order chi connectivity index (χ0) is 12.5. The van der Waals surface area contributed by atoms with Gasteiger partial charge in [0.05, 0.1) is 6.10 Å². The highest BCUT2D eigenvalue weighted by Crippen LogP contribution is 2.21. The molecule has 5 nitrogen and oxygen atoms in total. The SMILES string of the molecule is CC(=O)C1[C@@H](O)CCN1C(=O)OC(C)(C)C. The van der Waals surface area contributed by atoms with Crippen molar-refractivity contribution in [1.82, 2.24) is 4.90 Å². The Hall–Kier alpha value is -1.10. The van der Waals surface area contributed by atoms with Crippen LogP contribution in [-0.2, 0) is 9.53 Å². The van der Waals surface area contributed by atoms with E-state index >= 15 is 0 Å². The third-order valence-corrected chi connectivity index (χ3v) is 2.41. The van der Waals surface area contributed by atoms with Gasteiger partial charge in [-0.2, -0.15) is 0 Å². The lowest BCUT2D eigenvalue weighted by Crippen LogP contribution is -2.46. The second-order valence-corrected chi connectivity index (χ2v) is 5.09. The number of ether oxygens (including phenoxy) is 1. The Labute approximate surface area is 95.4 Å². The van der Waals surface area contributed by atoms with Crippen LogP contribution in [0.1, 0.15) is 34.1 Å². The Bertz CT molecular complexity index is 295. The van der Waals surface area contributed by atoms with Gasteiger partial charge in [0.25, 0.3) is 0 Å². The number of Topliss-reactive ketones (excluding diaryl/α,β-unsaturated/α-hetero) is 1. The van der Waals surface area contributed by atoms with Gasteiger partial charge in [0.15, 0.2) is 5.78 Å². The van der Waals surface area contributed by atoms with Crippen molar-refractivity contribution < 1.29 is 19.4 Å². The molecule has 1 fully saturated rings. The lowest BCUT2D eigenvalue weighted by atomic mass is 10.1. The Kier molecular flexibility index (Phi) is 3.57. The molecular weight excluding hydrogens is 210 g/mol. The van der Waals surface area contributed by atoms with Gasteiger partial charge >= 0.3 is 6.09 Å². The molecule has 1 rings (SSSR count). The van der Waals surface area contributed by atoms with Gasteiger partial charge in [0, 0.05) is 6.54 Å². The maximum absolute atomic E-state index is 11.8. The minimum atomic E-state index is -0.773. The normalized spacial score (nSPS) is 25.7. The number of amides is 1. The van der Waals surface area contributed by atoms with E-state index in [1.165, 1.54) is 11.8 Å². The summed E-state index contributed by atoms with van der Waals surface area (Å²) < 4.78 is 5.17. The monoisotopic (exact) mass is 229 g/mol. The van der Waals surface area contributed by atoms with Gasteiger partial charge in [-0.3, -0.25) is 9.69 Å². The molecule has 0 radical (unpaired) electrons. The van der Waals surface area contributed by atoms with Crippen LogP contribution < -0.4 is 0 Å². The van der Waals surface area contributed by atoms with Gasteiger partial charge in [0.1, 0.15) is 11.6 Å². The molecule has 2 atom stereocenters. The fourth-order valence-electron chi connectivity index (χ4n) is 1.79. The Morgan fingerprint density at radius 2 is 1.94 bits per heavy atom. The summed E-state index contributed by atoms with van der Waals surface area (Å²) in [5.41, 5.74) is -0.591. The number of rotatable bonds is 1. The van der Waals surface area contributed by atoms with Crippen molar-refractivity contribution in [2.24, 2.45) is 0 Å². The van der Waals surface area contributed by atoms with Crippen LogP contribution in [0, 0.1) is 0 Å². The van der Waals surface area contributed by atoms with Crippen LogP contribution in [-0.4, -0.2) is 46.2 Å². The number of hydrogen-bond acceptors (Lipinski definition) is 4. The van der Waals surface area contributed by atoms with E-state index in [4.69, 9.17) is 4.74 Å². The fourth-order valence-corrected chi connectivity index (χ4v) is 1.79. The Balaban J connectivity index is 2.73. The molecule has 1 N–H and O–H groups in total. The third kappa shape index (κ3) is 2.95. The van der Waals surface area contributed by atoms with E-state index in [1.54, 1.807) is 20.8 Å². The quantitative estimate of drug-likeness (QED) is 0.726. The molecule has 0 spiro atoms. The van der Waals surface area contributed by atoms with Crippen molar-refractivity contribution in [3.05, 3.63) is 0 Å². The summed E-state index contributed by atoms with van der Waals surface area (Å²) in [5, 5.41) is 9.61. The van der Waals surface area contributed by atoms with Crippen LogP contribution in [0.15, 0.2) is 0 Å². The summed E-state index contributed by atoms with van der Waals surface area (Å²) in [6.45, 7) is 7.03. The minimum Gasteiger partial charge on any atom is -0.444 e. The molecule has 0 aliphatic carbocycles. The van der Waals surface area contributed by atoms with Crippen LogP contribution in [0.2, 0.25) is 0 Å². The maximum Gasteiger partial charge on any atom is 0.410 e. The molecule has 0 aromatic carbocycles. The predicted molar refractivity (Wildman–Crippen MR) is 58.0 cm³/mol. The molecular formula is C11H19NO4. The smallest absolute Gasteiger partial charge is 0.410 e. The van der Waals surface area contributed by atoms with Crippen molar-refractivity contribution in [2.75, 3.05) is 6.54 Å². The first kappa shape index (κ1) is 13.0. The van der Waals surface area contributed by atoms with Crippen molar-refractivity contribution in [1.29, 1.82) is 0 Å². The molecule has 1 saturated heterocycles. The molecule has 1 aliphatic heterocycles. The summed E-state index contributed by atoms with van der Waals surface area (Å²) in [6.07, 6.45) is -0.891. The summed E-state index contributed by atoms with van der Waals surface area (Å²) >= 11 is 0. The summed E-state index contributed by atoms with van der Waals surface area (Å²) in [5.74, 6) is -0.212. The van der Waals surface area contributed by atoms with Crippen LogP contribution >= 0.6 is 0 Å². The Morgan fingerprint density at radius 1 is 1.38 bits per heavy atom. The number of likely N-dealkylation sites (tertiary alicyclic amines) is 1. The first-order valence-electron chi connectivity index (χ1n) is 5.40. The molecule has 1 aliphatic rings. The highest BCUT2D eigenvalue weighted by Gasteiger charge is 2.40. The van der Waals surface area contributed by atoms with E-state index in [1.807, 2.05) is 0 Å². The van der Waals surface area contributed by atoms with Crippen LogP contribution in [0.5, 0.6) is 0 Å². The number of aliphatic hydroxyl groups excluding tert-OH is 1. The second kappa shape index (κ2) is 4.41. The number of aliphatic hydroxyl groups is 1. The van der Waals surface area contributed by atoms with E-state index in [0.29, 0.717) is 13.0 Å². The number of nitrogens with zero attached hydrogens (tertiary/aromatic N) is 1. The second-order valence-electron chi connectivity index (χ2n) is 5.09. The lowest BCUT2D eigenvalue weighted by Gasteiger charge is -2.28. The predicted octanol–water partition coefficient (Wildman–Crippen LogP) is 0.946. The number of carbonyl (C=O) groups is 2. The first-order valence-corrected chi connectivity index (χ1v) is 5.40. The fraction of sp³-hybridized carbons (Fsp3) is 0.818. The average Bonchev–Trinajstić information content (AvgIpc) is 2.43.